The molecule has 0 saturated heterocycles. The largest absolute Gasteiger partial charge is 0.507 e. The molecule has 6 aromatic heterocycles. The molecule has 24 rings (SSSR count). The number of fused-ring (bicyclic) bond motifs is 25. The molecule has 14 heterocycles. The summed E-state index contributed by atoms with van der Waals surface area (Å²) in [7, 11) is 8.54. The fourth-order valence-electron chi connectivity index (χ4n) is 19.1. The molecule has 8 aliphatic rings. The van der Waals surface area contributed by atoms with Crippen LogP contribution in [0.5, 0.6) is 69.0 Å². The van der Waals surface area contributed by atoms with Crippen LogP contribution in [-0.2, 0) is 71.1 Å². The third kappa shape index (κ3) is 13.0. The van der Waals surface area contributed by atoms with Crippen LogP contribution in [-0.4, -0.2) is 72.4 Å². The van der Waals surface area contributed by atoms with Gasteiger partial charge in [0.25, 0.3) is 0 Å². The number of phenolic OH excluding ortho intramolecular Hbond substituents is 2. The predicted octanol–water partition coefficient (Wildman–Crippen LogP) is 17.7. The lowest BCUT2D eigenvalue weighted by atomic mass is 9.93. The van der Waals surface area contributed by atoms with E-state index in [4.69, 9.17) is 47.4 Å². The monoisotopic (exact) mass is 1580 g/mol. The molecule has 0 bridgehead atoms. The molecular weight excluding hydrogens is 1490 g/mol. The van der Waals surface area contributed by atoms with Crippen molar-refractivity contribution in [2.45, 2.75) is 106 Å². The Bertz CT molecular complexity index is 6740. The molecule has 0 spiro atoms. The quantitative estimate of drug-likeness (QED) is 0.0958. The lowest BCUT2D eigenvalue weighted by Gasteiger charge is -2.18. The van der Waals surface area contributed by atoms with E-state index < -0.39 is 0 Å². The van der Waals surface area contributed by atoms with E-state index in [9.17, 15) is 10.2 Å². The van der Waals surface area contributed by atoms with E-state index in [0.29, 0.717) is 18.3 Å². The van der Waals surface area contributed by atoms with Gasteiger partial charge in [0, 0.05) is 81.3 Å². The second kappa shape index (κ2) is 29.9. The Morgan fingerprint density at radius 2 is 0.714 bits per heavy atom. The van der Waals surface area contributed by atoms with Crippen molar-refractivity contribution in [1.82, 2.24) is 0 Å². The number of ether oxygens (including phenoxy) is 10. The van der Waals surface area contributed by atoms with Gasteiger partial charge in [-0.05, 0) is 194 Å². The number of hydrogen-bond donors (Lipinski definition) is 2. The van der Waals surface area contributed by atoms with Gasteiger partial charge in [0.15, 0.2) is 86.4 Å². The predicted molar refractivity (Wildman–Crippen MR) is 461 cm³/mol. The van der Waals surface area contributed by atoms with E-state index in [1.807, 2.05) is 37.5 Å². The Kier molecular flexibility index (Phi) is 18.7. The molecule has 594 valence electrons. The summed E-state index contributed by atoms with van der Waals surface area (Å²) in [6, 6.07) is 55.9. The number of aromatic nitrogens is 5. The fraction of sp³-hybridized carbons (Fsp3) is 0.245. The van der Waals surface area contributed by atoms with Crippen molar-refractivity contribution in [1.29, 1.82) is 0 Å². The zero-order valence-corrected chi connectivity index (χ0v) is 68.8. The Balaban J connectivity index is 0.0000000953. The van der Waals surface area contributed by atoms with Crippen LogP contribution in [0.3, 0.4) is 0 Å². The summed E-state index contributed by atoms with van der Waals surface area (Å²) in [5.74, 6) is 9.64. The fourth-order valence-corrected chi connectivity index (χ4v) is 19.1. The molecule has 17 heteroatoms. The van der Waals surface area contributed by atoms with Crippen molar-refractivity contribution in [3.63, 3.8) is 0 Å². The molecule has 0 saturated carbocycles. The highest BCUT2D eigenvalue weighted by Crippen LogP contribution is 2.45. The first-order chi connectivity index (χ1) is 58.0. The number of rotatable bonds is 5. The molecule has 2 N–H and O–H groups in total. The minimum Gasteiger partial charge on any atom is -0.507 e. The molecule has 16 aromatic rings. The highest BCUT2D eigenvalue weighted by Gasteiger charge is 2.34. The summed E-state index contributed by atoms with van der Waals surface area (Å²) >= 11 is 0. The van der Waals surface area contributed by atoms with Crippen molar-refractivity contribution in [3.05, 3.63) is 262 Å². The number of pyridine rings is 6. The zero-order valence-electron chi connectivity index (χ0n) is 68.8. The molecular formula is C102H94N5O12+5. The van der Waals surface area contributed by atoms with Gasteiger partial charge in [-0.1, -0.05) is 60.7 Å². The van der Waals surface area contributed by atoms with Crippen LogP contribution in [0.4, 0.5) is 0 Å². The number of aromatic hydroxyl groups is 2. The average Bonchev–Trinajstić information content (AvgIpc) is 1.19. The van der Waals surface area contributed by atoms with Crippen LogP contribution in [0.15, 0.2) is 195 Å². The third-order valence-electron chi connectivity index (χ3n) is 25.3. The van der Waals surface area contributed by atoms with Gasteiger partial charge in [0.1, 0.15) is 46.0 Å². The van der Waals surface area contributed by atoms with Gasteiger partial charge in [-0.15, -0.1) is 0 Å². The molecule has 0 radical (unpaired) electrons. The van der Waals surface area contributed by atoms with Gasteiger partial charge in [-0.25, -0.2) is 0 Å². The van der Waals surface area contributed by atoms with Crippen LogP contribution < -0.4 is 70.0 Å². The van der Waals surface area contributed by atoms with E-state index in [0.717, 1.165) is 186 Å². The molecule has 0 atom stereocenters. The summed E-state index contributed by atoms with van der Waals surface area (Å²) in [5, 5.41) is 33.7. The number of hydrogen-bond acceptors (Lipinski definition) is 12. The van der Waals surface area contributed by atoms with Gasteiger partial charge in [0.2, 0.25) is 35.1 Å². The summed E-state index contributed by atoms with van der Waals surface area (Å²) in [6.07, 6.45) is 20.0. The lowest BCUT2D eigenvalue weighted by molar-refractivity contribution is -0.686. The van der Waals surface area contributed by atoms with Crippen molar-refractivity contribution >= 4 is 70.2 Å². The van der Waals surface area contributed by atoms with Gasteiger partial charge < -0.3 is 57.6 Å². The van der Waals surface area contributed by atoms with E-state index in [2.05, 4.69) is 209 Å². The molecule has 8 aliphatic heterocycles. The van der Waals surface area contributed by atoms with Crippen LogP contribution in [0.1, 0.15) is 66.8 Å². The van der Waals surface area contributed by atoms with Gasteiger partial charge in [-0.2, -0.15) is 22.7 Å². The maximum atomic E-state index is 10.3. The molecule has 0 fully saturated rings. The lowest BCUT2D eigenvalue weighted by Crippen LogP contribution is -2.40. The highest BCUT2D eigenvalue weighted by atomic mass is 16.7. The van der Waals surface area contributed by atoms with Crippen molar-refractivity contribution in [3.8, 4) is 114 Å². The Morgan fingerprint density at radius 3 is 1.23 bits per heavy atom. The van der Waals surface area contributed by atoms with E-state index in [1.54, 1.807) is 41.6 Å². The van der Waals surface area contributed by atoms with Crippen molar-refractivity contribution in [2.24, 2.45) is 0 Å². The highest BCUT2D eigenvalue weighted by molar-refractivity contribution is 6.01. The van der Waals surface area contributed by atoms with Gasteiger partial charge >= 0.3 is 0 Å². The first-order valence-electron chi connectivity index (χ1n) is 41.2. The first kappa shape index (κ1) is 74.4. The Hall–Kier alpha value is -13.4. The van der Waals surface area contributed by atoms with E-state index >= 15 is 0 Å². The summed E-state index contributed by atoms with van der Waals surface area (Å²) in [5.41, 5.74) is 26.4. The number of methoxy groups -OCH3 is 5. The number of benzene rings is 10. The summed E-state index contributed by atoms with van der Waals surface area (Å²) < 4.78 is 67.5. The van der Waals surface area contributed by atoms with Crippen LogP contribution in [0.2, 0.25) is 0 Å². The average molecular weight is 1580 g/mol. The third-order valence-corrected chi connectivity index (χ3v) is 25.3. The Morgan fingerprint density at radius 1 is 0.303 bits per heavy atom. The normalized spacial score (nSPS) is 14.0. The minimum atomic E-state index is 0.150. The van der Waals surface area contributed by atoms with E-state index in [-0.39, 0.29) is 5.75 Å². The zero-order chi connectivity index (χ0) is 81.2. The standard InChI is InChI=1S/2C21H22NO2.C20H16NO3.C20H15NO3.C20H17NO2/c2*1-13-5-6-15-10-19-17-11-20(23-3)14(2)9-16(17)7-8-22(19)12-18(15)21(13)24-4;1-2-18-20(24-11-23-18)16-10-21-5-3-13-7-14-4-6-22-19(14)9-15(13)17(21)8-12(1)16;1-23-20-16-11-21-6-4-13-8-14-5-7-24-19(14)10-15(13)17(21)9-12(16)2-3-18(20)22;1-12-2-3-13-9-18-16-10-19-15(5-7-23-19)8-14(16)4-6-21(18)11-17(13)20(12)22/h2*5-6,9-12H,7-8H2,1-4H3;1-2,7-10H,3-6,11H2;2-4,6,8-11H,5,7H2,1H3;2-3,8-11H,4-7H2,1H3/q3*+1;;/p+2. The molecule has 0 amide bonds. The maximum absolute atomic E-state index is 10.3. The second-order valence-corrected chi connectivity index (χ2v) is 32.3. The first-order valence-corrected chi connectivity index (χ1v) is 41.2. The van der Waals surface area contributed by atoms with Crippen LogP contribution in [0.25, 0.3) is 115 Å². The molecule has 0 aliphatic carbocycles. The maximum Gasteiger partial charge on any atom is 0.231 e. The Labute approximate surface area is 690 Å². The molecule has 10 aromatic carbocycles. The summed E-state index contributed by atoms with van der Waals surface area (Å²) in [6.45, 7) is 16.9. The molecule has 0 unspecified atom stereocenters. The number of nitrogens with zero attached hydrogens (tertiary/aromatic N) is 5. The van der Waals surface area contributed by atoms with Crippen LogP contribution >= 0.6 is 0 Å². The topological polar surface area (TPSA) is 152 Å². The van der Waals surface area contributed by atoms with Crippen molar-refractivity contribution < 1.29 is 80.3 Å². The summed E-state index contributed by atoms with van der Waals surface area (Å²) in [4.78, 5) is 0. The van der Waals surface area contributed by atoms with Crippen molar-refractivity contribution in [2.75, 3.05) is 62.2 Å². The van der Waals surface area contributed by atoms with Gasteiger partial charge in [0.05, 0.1) is 110 Å². The van der Waals surface area contributed by atoms with Gasteiger partial charge in [-0.3, -0.25) is 0 Å². The number of aryl methyl sites for hydroxylation is 13. The second-order valence-electron chi connectivity index (χ2n) is 32.3. The molecule has 17 nitrogen and oxygen atoms in total. The number of phenols is 2. The van der Waals surface area contributed by atoms with E-state index in [1.165, 1.54) is 139 Å². The smallest absolute Gasteiger partial charge is 0.231 e. The van der Waals surface area contributed by atoms with Crippen LogP contribution in [0, 0.1) is 34.6 Å². The minimum absolute atomic E-state index is 0.150. The SMILES string of the molecule is COc1c(O)ccc2cc3c4cc5c(cc4cc[n+]3cc12)CCO5.COc1cc2c(cc1C)CC[n+]1cc3c(OC)c(C)ccc3cc1-2.COc1cc2c(cc1C)CC[n+]1cc3c(OC)c(C)ccc3cc1-2.Cc1ccc2cc3[n+](cc2c1O)CCc1cc2c(cc1-3)OCC2.c1c2c(cc3c1CC[n+]1cc4c5c(ccc4cc1-3)OCO5)OCC2. The molecule has 119 heavy (non-hydrogen) atoms.